The highest BCUT2D eigenvalue weighted by molar-refractivity contribution is 5.77. The zero-order valence-electron chi connectivity index (χ0n) is 10.7. The molecule has 1 aromatic rings. The van der Waals surface area contributed by atoms with Crippen molar-refractivity contribution in [1.82, 2.24) is 10.6 Å². The van der Waals surface area contributed by atoms with E-state index in [0.29, 0.717) is 5.56 Å². The smallest absolute Gasteiger partial charge is 0.272 e. The Bertz CT molecular complexity index is 460. The summed E-state index contributed by atoms with van der Waals surface area (Å²) in [5.41, 5.74) is 1.51. The van der Waals surface area contributed by atoms with E-state index in [1.165, 1.54) is 6.07 Å². The van der Waals surface area contributed by atoms with Crippen LogP contribution in [0, 0.1) is 17.0 Å². The Morgan fingerprint density at radius 1 is 1.50 bits per heavy atom. The molecule has 0 spiro atoms. The molecule has 1 rings (SSSR count). The van der Waals surface area contributed by atoms with Crippen LogP contribution < -0.4 is 10.6 Å². The number of nitro benzene ring substituents is 1. The third-order valence-corrected chi connectivity index (χ3v) is 2.78. The molecule has 0 aliphatic rings. The molecule has 0 fully saturated rings. The monoisotopic (exact) mass is 251 g/mol. The molecule has 0 radical (unpaired) electrons. The van der Waals surface area contributed by atoms with Crippen molar-refractivity contribution in [1.29, 1.82) is 0 Å². The van der Waals surface area contributed by atoms with Gasteiger partial charge in [-0.2, -0.15) is 0 Å². The summed E-state index contributed by atoms with van der Waals surface area (Å²) in [5.74, 6) is -0.122. The van der Waals surface area contributed by atoms with Crippen LogP contribution in [0.25, 0.3) is 0 Å². The van der Waals surface area contributed by atoms with Gasteiger partial charge in [-0.1, -0.05) is 12.1 Å². The molecule has 1 aromatic carbocycles. The molecule has 0 heterocycles. The molecular formula is C12H17N3O3. The Labute approximate surface area is 106 Å². The van der Waals surface area contributed by atoms with Gasteiger partial charge in [-0.3, -0.25) is 14.9 Å². The minimum absolute atomic E-state index is 0.0982. The number of aryl methyl sites for hydroxylation is 1. The zero-order valence-corrected chi connectivity index (χ0v) is 10.7. The van der Waals surface area contributed by atoms with Crippen LogP contribution in [0.5, 0.6) is 0 Å². The second kappa shape index (κ2) is 6.11. The van der Waals surface area contributed by atoms with Gasteiger partial charge in [-0.25, -0.2) is 0 Å². The van der Waals surface area contributed by atoms with Gasteiger partial charge in [-0.05, 0) is 19.4 Å². The number of nitrogens with one attached hydrogen (secondary N) is 2. The molecule has 0 saturated heterocycles. The van der Waals surface area contributed by atoms with Crippen molar-refractivity contribution in [2.45, 2.75) is 19.9 Å². The van der Waals surface area contributed by atoms with E-state index >= 15 is 0 Å². The fourth-order valence-electron chi connectivity index (χ4n) is 1.54. The molecular weight excluding hydrogens is 234 g/mol. The van der Waals surface area contributed by atoms with Gasteiger partial charge in [0.05, 0.1) is 11.5 Å². The van der Waals surface area contributed by atoms with E-state index in [4.69, 9.17) is 0 Å². The molecule has 1 atom stereocenters. The number of hydrogen-bond acceptors (Lipinski definition) is 4. The second-order valence-corrected chi connectivity index (χ2v) is 4.08. The number of benzene rings is 1. The lowest BCUT2D eigenvalue weighted by Gasteiger charge is -2.13. The number of amides is 1. The summed E-state index contributed by atoms with van der Waals surface area (Å²) in [7, 11) is 1.56. The normalized spacial score (nSPS) is 11.9. The fraction of sp³-hybridized carbons (Fsp3) is 0.417. The molecule has 2 N–H and O–H groups in total. The summed E-state index contributed by atoms with van der Waals surface area (Å²) in [4.78, 5) is 21.5. The lowest BCUT2D eigenvalue weighted by Crippen LogP contribution is -2.32. The molecule has 0 saturated carbocycles. The second-order valence-electron chi connectivity index (χ2n) is 4.08. The first-order valence-corrected chi connectivity index (χ1v) is 5.64. The van der Waals surface area contributed by atoms with Crippen LogP contribution in [-0.2, 0) is 4.79 Å². The summed E-state index contributed by atoms with van der Waals surface area (Å²) >= 11 is 0. The van der Waals surface area contributed by atoms with E-state index in [1.807, 2.05) is 13.0 Å². The molecule has 18 heavy (non-hydrogen) atoms. The molecule has 6 nitrogen and oxygen atoms in total. The van der Waals surface area contributed by atoms with Crippen LogP contribution in [0.4, 0.5) is 5.69 Å². The summed E-state index contributed by atoms with van der Waals surface area (Å²) in [6.07, 6.45) is 0. The third-order valence-electron chi connectivity index (χ3n) is 2.78. The van der Waals surface area contributed by atoms with Crippen molar-refractivity contribution in [3.05, 3.63) is 39.4 Å². The molecule has 0 aliphatic carbocycles. The average molecular weight is 251 g/mol. The van der Waals surface area contributed by atoms with Crippen molar-refractivity contribution in [2.24, 2.45) is 0 Å². The van der Waals surface area contributed by atoms with E-state index in [2.05, 4.69) is 10.6 Å². The SMILES string of the molecule is CNC(=O)CNC(C)c1ccc(C)c([N+](=O)[O-])c1. The van der Waals surface area contributed by atoms with Crippen LogP contribution in [0.1, 0.15) is 24.1 Å². The Balaban J connectivity index is 2.80. The highest BCUT2D eigenvalue weighted by Crippen LogP contribution is 2.22. The topological polar surface area (TPSA) is 84.3 Å². The van der Waals surface area contributed by atoms with E-state index in [0.717, 1.165) is 5.56 Å². The molecule has 1 unspecified atom stereocenters. The molecule has 0 aromatic heterocycles. The molecule has 0 bridgehead atoms. The summed E-state index contributed by atoms with van der Waals surface area (Å²) in [5, 5.41) is 16.3. The largest absolute Gasteiger partial charge is 0.358 e. The van der Waals surface area contributed by atoms with Crippen LogP contribution in [0.2, 0.25) is 0 Å². The van der Waals surface area contributed by atoms with Gasteiger partial charge in [0.1, 0.15) is 0 Å². The summed E-state index contributed by atoms with van der Waals surface area (Å²) < 4.78 is 0. The van der Waals surface area contributed by atoms with Crippen molar-refractivity contribution in [2.75, 3.05) is 13.6 Å². The van der Waals surface area contributed by atoms with Gasteiger partial charge in [0.2, 0.25) is 5.91 Å². The lowest BCUT2D eigenvalue weighted by atomic mass is 10.0. The Morgan fingerprint density at radius 3 is 2.72 bits per heavy atom. The van der Waals surface area contributed by atoms with Gasteiger partial charge in [0.25, 0.3) is 5.69 Å². The van der Waals surface area contributed by atoms with E-state index in [1.54, 1.807) is 20.0 Å². The quantitative estimate of drug-likeness (QED) is 0.610. The first-order chi connectivity index (χ1) is 8.45. The molecule has 98 valence electrons. The van der Waals surface area contributed by atoms with Crippen molar-refractivity contribution >= 4 is 11.6 Å². The number of carbonyl (C=O) groups is 1. The van der Waals surface area contributed by atoms with E-state index < -0.39 is 4.92 Å². The molecule has 1 amide bonds. The Hall–Kier alpha value is -1.95. The van der Waals surface area contributed by atoms with Gasteiger partial charge in [-0.15, -0.1) is 0 Å². The number of carbonyl (C=O) groups excluding carboxylic acids is 1. The van der Waals surface area contributed by atoms with Crippen molar-refractivity contribution in [3.63, 3.8) is 0 Å². The first-order valence-electron chi connectivity index (χ1n) is 5.64. The highest BCUT2D eigenvalue weighted by Gasteiger charge is 2.14. The number of likely N-dealkylation sites (N-methyl/N-ethyl adjacent to an activating group) is 1. The average Bonchev–Trinajstić information content (AvgIpc) is 2.35. The molecule has 6 heteroatoms. The van der Waals surface area contributed by atoms with Crippen LogP contribution >= 0.6 is 0 Å². The maximum Gasteiger partial charge on any atom is 0.272 e. The number of nitro groups is 1. The van der Waals surface area contributed by atoms with Crippen molar-refractivity contribution in [3.8, 4) is 0 Å². The minimum atomic E-state index is -0.399. The number of nitrogens with zero attached hydrogens (tertiary/aromatic N) is 1. The zero-order chi connectivity index (χ0) is 13.7. The summed E-state index contributed by atoms with van der Waals surface area (Å²) in [6.45, 7) is 3.74. The van der Waals surface area contributed by atoms with Gasteiger partial charge >= 0.3 is 0 Å². The van der Waals surface area contributed by atoms with E-state index in [-0.39, 0.29) is 24.2 Å². The van der Waals surface area contributed by atoms with E-state index in [9.17, 15) is 14.9 Å². The highest BCUT2D eigenvalue weighted by atomic mass is 16.6. The van der Waals surface area contributed by atoms with Gasteiger partial charge in [0, 0.05) is 24.7 Å². The number of rotatable bonds is 5. The maximum atomic E-state index is 11.1. The predicted octanol–water partition coefficient (Wildman–Crippen LogP) is 1.30. The molecule has 0 aliphatic heterocycles. The fourth-order valence-corrected chi connectivity index (χ4v) is 1.54. The maximum absolute atomic E-state index is 11.1. The summed E-state index contributed by atoms with van der Waals surface area (Å²) in [6, 6.07) is 4.95. The van der Waals surface area contributed by atoms with Crippen LogP contribution in [-0.4, -0.2) is 24.4 Å². The number of hydrogen-bond donors (Lipinski definition) is 2. The third kappa shape index (κ3) is 3.53. The van der Waals surface area contributed by atoms with Crippen LogP contribution in [0.3, 0.4) is 0 Å². The Morgan fingerprint density at radius 2 is 2.17 bits per heavy atom. The van der Waals surface area contributed by atoms with Gasteiger partial charge in [0.15, 0.2) is 0 Å². The lowest BCUT2D eigenvalue weighted by molar-refractivity contribution is -0.385. The minimum Gasteiger partial charge on any atom is -0.358 e. The van der Waals surface area contributed by atoms with Crippen molar-refractivity contribution < 1.29 is 9.72 Å². The first kappa shape index (κ1) is 14.1. The van der Waals surface area contributed by atoms with Crippen LogP contribution in [0.15, 0.2) is 18.2 Å². The predicted molar refractivity (Wildman–Crippen MR) is 68.3 cm³/mol. The standard InChI is InChI=1S/C12H17N3O3/c1-8-4-5-10(6-11(8)15(17)18)9(2)14-7-12(16)13-3/h4-6,9,14H,7H2,1-3H3,(H,13,16). The Kier molecular flexibility index (Phi) is 4.79. The van der Waals surface area contributed by atoms with Gasteiger partial charge < -0.3 is 10.6 Å².